The number of nitrogens with one attached hydrogen (secondary N) is 1. The van der Waals surface area contributed by atoms with Gasteiger partial charge in [-0.3, -0.25) is 14.7 Å². The smallest absolute Gasteiger partial charge is 0.225 e. The van der Waals surface area contributed by atoms with Crippen molar-refractivity contribution in [3.05, 3.63) is 60.6 Å². The third kappa shape index (κ3) is 4.88. The zero-order valence-electron chi connectivity index (χ0n) is 18.4. The van der Waals surface area contributed by atoms with Crippen LogP contribution in [-0.4, -0.2) is 58.0 Å². The first-order chi connectivity index (χ1) is 15.7. The van der Waals surface area contributed by atoms with Crippen LogP contribution in [0.5, 0.6) is 0 Å². The van der Waals surface area contributed by atoms with E-state index in [1.54, 1.807) is 12.4 Å². The van der Waals surface area contributed by atoms with E-state index in [4.69, 9.17) is 0 Å². The maximum Gasteiger partial charge on any atom is 0.225 e. The molecule has 2 saturated heterocycles. The highest BCUT2D eigenvalue weighted by Crippen LogP contribution is 2.25. The molecule has 1 aromatic carbocycles. The summed E-state index contributed by atoms with van der Waals surface area (Å²) in [5.41, 5.74) is 3.82. The van der Waals surface area contributed by atoms with Crippen LogP contribution in [0.25, 0.3) is 11.2 Å². The molecule has 4 heterocycles. The van der Waals surface area contributed by atoms with Crippen LogP contribution in [0.3, 0.4) is 0 Å². The second kappa shape index (κ2) is 9.61. The van der Waals surface area contributed by atoms with Gasteiger partial charge in [-0.15, -0.1) is 0 Å². The summed E-state index contributed by atoms with van der Waals surface area (Å²) >= 11 is 0. The zero-order valence-corrected chi connectivity index (χ0v) is 18.4. The van der Waals surface area contributed by atoms with Crippen molar-refractivity contribution in [2.45, 2.75) is 38.3 Å². The Kier molecular flexibility index (Phi) is 6.25. The molecule has 0 spiro atoms. The Morgan fingerprint density at radius 3 is 2.66 bits per heavy atom. The van der Waals surface area contributed by atoms with Crippen LogP contribution in [0.15, 0.2) is 55.0 Å². The lowest BCUT2D eigenvalue weighted by Crippen LogP contribution is -2.49. The van der Waals surface area contributed by atoms with E-state index < -0.39 is 0 Å². The summed E-state index contributed by atoms with van der Waals surface area (Å²) in [4.78, 5) is 30.8. The first-order valence-electron chi connectivity index (χ1n) is 11.6. The monoisotopic (exact) mass is 430 g/mol. The Morgan fingerprint density at radius 1 is 1.00 bits per heavy atom. The highest BCUT2D eigenvalue weighted by molar-refractivity contribution is 5.80. The number of fused-ring (bicyclic) bond motifs is 1. The molecule has 2 fully saturated rings. The first-order valence-corrected chi connectivity index (χ1v) is 11.6. The second-order valence-electron chi connectivity index (χ2n) is 8.92. The van der Waals surface area contributed by atoms with Crippen molar-refractivity contribution in [3.8, 4) is 0 Å². The van der Waals surface area contributed by atoms with E-state index in [1.807, 2.05) is 12.3 Å². The van der Waals surface area contributed by atoms with Crippen molar-refractivity contribution in [1.29, 1.82) is 0 Å². The Balaban J connectivity index is 1.14. The van der Waals surface area contributed by atoms with Crippen LogP contribution in [0.4, 0.5) is 5.69 Å². The van der Waals surface area contributed by atoms with Crippen molar-refractivity contribution in [1.82, 2.24) is 25.2 Å². The standard InChI is InChI=1S/C25H30N6O/c32-25(29-21-8-13-30(14-9-21)17-19-5-2-1-3-6-19)20-7-4-12-31(18-20)22-15-23-24(28-16-22)27-11-10-26-23/h1-3,5-6,10-11,15-16,20-21H,4,7-9,12-14,17-18H2,(H,29,32). The molecule has 7 nitrogen and oxygen atoms in total. The van der Waals surface area contributed by atoms with Crippen molar-refractivity contribution in [2.75, 3.05) is 31.1 Å². The third-order valence-corrected chi connectivity index (χ3v) is 6.65. The number of piperidine rings is 2. The number of nitrogens with zero attached hydrogens (tertiary/aromatic N) is 5. The Hall–Kier alpha value is -3.06. The van der Waals surface area contributed by atoms with Gasteiger partial charge in [-0.1, -0.05) is 30.3 Å². The number of carbonyl (C=O) groups excluding carboxylic acids is 1. The normalized spacial score (nSPS) is 20.4. The van der Waals surface area contributed by atoms with Crippen LogP contribution < -0.4 is 10.2 Å². The highest BCUT2D eigenvalue weighted by Gasteiger charge is 2.29. The molecule has 7 heteroatoms. The first kappa shape index (κ1) is 20.8. The number of hydrogen-bond donors (Lipinski definition) is 1. The van der Waals surface area contributed by atoms with Crippen LogP contribution in [0.2, 0.25) is 0 Å². The quantitative estimate of drug-likeness (QED) is 0.671. The fourth-order valence-electron chi connectivity index (χ4n) is 4.84. The molecule has 2 aromatic heterocycles. The molecule has 1 amide bonds. The number of benzene rings is 1. The molecule has 0 radical (unpaired) electrons. The van der Waals surface area contributed by atoms with Crippen molar-refractivity contribution in [3.63, 3.8) is 0 Å². The number of anilines is 1. The van der Waals surface area contributed by atoms with Crippen LogP contribution in [0.1, 0.15) is 31.2 Å². The Bertz CT molecular complexity index is 1050. The van der Waals surface area contributed by atoms with Gasteiger partial charge < -0.3 is 10.2 Å². The maximum atomic E-state index is 13.0. The van der Waals surface area contributed by atoms with E-state index >= 15 is 0 Å². The molecule has 0 saturated carbocycles. The summed E-state index contributed by atoms with van der Waals surface area (Å²) in [6.07, 6.45) is 9.17. The molecule has 166 valence electrons. The van der Waals surface area contributed by atoms with Crippen LogP contribution >= 0.6 is 0 Å². The number of aromatic nitrogens is 3. The summed E-state index contributed by atoms with van der Waals surface area (Å²) < 4.78 is 0. The lowest BCUT2D eigenvalue weighted by molar-refractivity contribution is -0.126. The SMILES string of the molecule is O=C(NC1CCN(Cc2ccccc2)CC1)C1CCCN(c2cnc3nccnc3c2)C1. The average molecular weight is 431 g/mol. The number of carbonyl (C=O) groups is 1. The fraction of sp³-hybridized carbons (Fsp3) is 0.440. The summed E-state index contributed by atoms with van der Waals surface area (Å²) in [5, 5.41) is 3.34. The van der Waals surface area contributed by atoms with E-state index in [0.717, 1.165) is 69.6 Å². The predicted octanol–water partition coefficient (Wildman–Crippen LogP) is 3.02. The molecule has 2 aliphatic rings. The summed E-state index contributed by atoms with van der Waals surface area (Å²) in [6.45, 7) is 4.71. The van der Waals surface area contributed by atoms with Crippen LogP contribution in [0, 0.1) is 5.92 Å². The zero-order chi connectivity index (χ0) is 21.8. The third-order valence-electron chi connectivity index (χ3n) is 6.65. The number of amides is 1. The molecule has 2 aliphatic heterocycles. The maximum absolute atomic E-state index is 13.0. The second-order valence-corrected chi connectivity index (χ2v) is 8.92. The van der Waals surface area contributed by atoms with Crippen molar-refractivity contribution in [2.24, 2.45) is 5.92 Å². The summed E-state index contributed by atoms with van der Waals surface area (Å²) in [6, 6.07) is 12.9. The fourth-order valence-corrected chi connectivity index (χ4v) is 4.84. The molecule has 3 aromatic rings. The van der Waals surface area contributed by atoms with Crippen LogP contribution in [-0.2, 0) is 11.3 Å². The minimum atomic E-state index is 0.0173. The van der Waals surface area contributed by atoms with Gasteiger partial charge in [0.2, 0.25) is 5.91 Å². The van der Waals surface area contributed by atoms with Gasteiger partial charge in [-0.25, -0.2) is 9.97 Å². The molecule has 0 bridgehead atoms. The summed E-state index contributed by atoms with van der Waals surface area (Å²) in [5.74, 6) is 0.216. The number of rotatable bonds is 5. The molecule has 32 heavy (non-hydrogen) atoms. The van der Waals surface area contributed by atoms with Gasteiger partial charge in [-0.2, -0.15) is 0 Å². The van der Waals surface area contributed by atoms with E-state index in [2.05, 4.69) is 60.4 Å². The number of likely N-dealkylation sites (tertiary alicyclic amines) is 1. The topological polar surface area (TPSA) is 74.2 Å². The number of pyridine rings is 1. The largest absolute Gasteiger partial charge is 0.369 e. The van der Waals surface area contributed by atoms with Gasteiger partial charge in [0, 0.05) is 51.2 Å². The van der Waals surface area contributed by atoms with E-state index in [-0.39, 0.29) is 17.9 Å². The minimum absolute atomic E-state index is 0.0173. The molecule has 1 unspecified atom stereocenters. The average Bonchev–Trinajstić information content (AvgIpc) is 2.85. The molecule has 1 atom stereocenters. The van der Waals surface area contributed by atoms with E-state index in [1.165, 1.54) is 5.56 Å². The van der Waals surface area contributed by atoms with Gasteiger partial charge in [-0.05, 0) is 37.3 Å². The Labute approximate surface area is 188 Å². The van der Waals surface area contributed by atoms with Gasteiger partial charge in [0.15, 0.2) is 5.65 Å². The lowest BCUT2D eigenvalue weighted by atomic mass is 9.95. The van der Waals surface area contributed by atoms with Gasteiger partial charge in [0.25, 0.3) is 0 Å². The minimum Gasteiger partial charge on any atom is -0.369 e. The van der Waals surface area contributed by atoms with Gasteiger partial charge in [0.05, 0.1) is 17.8 Å². The van der Waals surface area contributed by atoms with Crippen molar-refractivity contribution >= 4 is 22.8 Å². The lowest BCUT2D eigenvalue weighted by Gasteiger charge is -2.36. The molecule has 5 rings (SSSR count). The highest BCUT2D eigenvalue weighted by atomic mass is 16.2. The van der Waals surface area contributed by atoms with Gasteiger partial charge in [0.1, 0.15) is 5.52 Å². The van der Waals surface area contributed by atoms with E-state index in [0.29, 0.717) is 5.65 Å². The molecular formula is C25H30N6O. The molecular weight excluding hydrogens is 400 g/mol. The van der Waals surface area contributed by atoms with Gasteiger partial charge >= 0.3 is 0 Å². The van der Waals surface area contributed by atoms with Crippen molar-refractivity contribution < 1.29 is 4.79 Å². The molecule has 0 aliphatic carbocycles. The summed E-state index contributed by atoms with van der Waals surface area (Å²) in [7, 11) is 0. The van der Waals surface area contributed by atoms with E-state index in [9.17, 15) is 4.79 Å². The molecule has 1 N–H and O–H groups in total. The Morgan fingerprint density at radius 2 is 1.81 bits per heavy atom. The predicted molar refractivity (Wildman–Crippen MR) is 125 cm³/mol. The number of hydrogen-bond acceptors (Lipinski definition) is 6.